The SMILES string of the molecule is COc1ccc(C2=NC3(CC(F)(F)F)CCCCC3(C)c3cc(OC)ccc32)cc1. The van der Waals surface area contributed by atoms with Gasteiger partial charge in [-0.05, 0) is 60.9 Å². The molecule has 6 heteroatoms. The molecule has 0 bridgehead atoms. The first-order valence-electron chi connectivity index (χ1n) is 10.2. The number of nitrogens with zero attached hydrogens (tertiary/aromatic N) is 1. The molecule has 0 radical (unpaired) electrons. The quantitative estimate of drug-likeness (QED) is 0.604. The van der Waals surface area contributed by atoms with Crippen molar-refractivity contribution in [3.8, 4) is 11.5 Å². The van der Waals surface area contributed by atoms with Crippen LogP contribution in [0.5, 0.6) is 11.5 Å². The molecule has 0 spiro atoms. The Balaban J connectivity index is 1.97. The highest BCUT2D eigenvalue weighted by atomic mass is 19.4. The molecule has 1 saturated carbocycles. The van der Waals surface area contributed by atoms with Crippen molar-refractivity contribution in [2.24, 2.45) is 4.99 Å². The van der Waals surface area contributed by atoms with Crippen LogP contribution >= 0.6 is 0 Å². The summed E-state index contributed by atoms with van der Waals surface area (Å²) in [6.45, 7) is 1.95. The summed E-state index contributed by atoms with van der Waals surface area (Å²) < 4.78 is 52.1. The summed E-state index contributed by atoms with van der Waals surface area (Å²) in [7, 11) is 3.16. The molecule has 4 rings (SSSR count). The Bertz CT molecular complexity index is 967. The second-order valence-electron chi connectivity index (χ2n) is 8.46. The fourth-order valence-corrected chi connectivity index (χ4v) is 5.18. The number of aliphatic imine (C=N–C) groups is 1. The molecule has 2 aliphatic rings. The van der Waals surface area contributed by atoms with Gasteiger partial charge in [0, 0.05) is 16.5 Å². The number of ether oxygens (including phenoxy) is 2. The summed E-state index contributed by atoms with van der Waals surface area (Å²) in [5.41, 5.74) is 1.24. The van der Waals surface area contributed by atoms with Crippen LogP contribution in [-0.2, 0) is 5.41 Å². The number of alkyl halides is 3. The number of rotatable bonds is 4. The number of methoxy groups -OCH3 is 2. The first-order chi connectivity index (χ1) is 14.2. The van der Waals surface area contributed by atoms with Gasteiger partial charge in [0.1, 0.15) is 11.5 Å². The number of hydrogen-bond donors (Lipinski definition) is 0. The lowest BCUT2D eigenvalue weighted by Crippen LogP contribution is -2.56. The monoisotopic (exact) mass is 417 g/mol. The Hall–Kier alpha value is -2.50. The van der Waals surface area contributed by atoms with Crippen molar-refractivity contribution in [3.63, 3.8) is 0 Å². The molecule has 2 unspecified atom stereocenters. The minimum atomic E-state index is -4.30. The highest BCUT2D eigenvalue weighted by Crippen LogP contribution is 2.56. The fraction of sp³-hybridized carbons (Fsp3) is 0.458. The normalized spacial score (nSPS) is 25.7. The van der Waals surface area contributed by atoms with Crippen molar-refractivity contribution in [1.29, 1.82) is 0 Å². The van der Waals surface area contributed by atoms with Crippen LogP contribution in [0.1, 0.15) is 55.7 Å². The largest absolute Gasteiger partial charge is 0.497 e. The highest BCUT2D eigenvalue weighted by Gasteiger charge is 2.58. The van der Waals surface area contributed by atoms with E-state index in [-0.39, 0.29) is 0 Å². The van der Waals surface area contributed by atoms with Gasteiger partial charge in [0.05, 0.1) is 31.9 Å². The molecule has 2 aromatic carbocycles. The Morgan fingerprint density at radius 3 is 2.20 bits per heavy atom. The van der Waals surface area contributed by atoms with Gasteiger partial charge in [-0.25, -0.2) is 0 Å². The number of halogens is 3. The Kier molecular flexibility index (Phi) is 5.07. The third kappa shape index (κ3) is 3.36. The molecule has 3 nitrogen and oxygen atoms in total. The van der Waals surface area contributed by atoms with E-state index in [2.05, 4.69) is 0 Å². The molecule has 160 valence electrons. The van der Waals surface area contributed by atoms with Crippen molar-refractivity contribution < 1.29 is 22.6 Å². The highest BCUT2D eigenvalue weighted by molar-refractivity contribution is 6.15. The number of hydrogen-bond acceptors (Lipinski definition) is 3. The first-order valence-corrected chi connectivity index (χ1v) is 10.2. The maximum atomic E-state index is 13.8. The zero-order chi connectivity index (χ0) is 21.6. The van der Waals surface area contributed by atoms with Crippen LogP contribution < -0.4 is 9.47 Å². The van der Waals surface area contributed by atoms with E-state index in [0.29, 0.717) is 30.1 Å². The van der Waals surface area contributed by atoms with E-state index in [9.17, 15) is 13.2 Å². The van der Waals surface area contributed by atoms with Gasteiger partial charge in [0.2, 0.25) is 0 Å². The van der Waals surface area contributed by atoms with Gasteiger partial charge in [0.15, 0.2) is 0 Å². The van der Waals surface area contributed by atoms with Crippen LogP contribution in [0.25, 0.3) is 0 Å². The number of benzene rings is 2. The molecular weight excluding hydrogens is 391 g/mol. The lowest BCUT2D eigenvalue weighted by atomic mass is 9.55. The van der Waals surface area contributed by atoms with E-state index in [1.165, 1.54) is 0 Å². The molecule has 0 aromatic heterocycles. The molecule has 30 heavy (non-hydrogen) atoms. The predicted octanol–water partition coefficient (Wildman–Crippen LogP) is 6.08. The van der Waals surface area contributed by atoms with E-state index in [4.69, 9.17) is 14.5 Å². The molecule has 1 aliphatic heterocycles. The van der Waals surface area contributed by atoms with Gasteiger partial charge in [-0.3, -0.25) is 4.99 Å². The second-order valence-corrected chi connectivity index (χ2v) is 8.46. The van der Waals surface area contributed by atoms with Gasteiger partial charge >= 0.3 is 6.18 Å². The third-order valence-corrected chi connectivity index (χ3v) is 6.80. The smallest absolute Gasteiger partial charge is 0.391 e. The van der Waals surface area contributed by atoms with Crippen LogP contribution in [0.4, 0.5) is 13.2 Å². The molecule has 0 amide bonds. The van der Waals surface area contributed by atoms with Crippen molar-refractivity contribution in [3.05, 3.63) is 59.2 Å². The topological polar surface area (TPSA) is 30.8 Å². The average Bonchev–Trinajstić information content (AvgIpc) is 2.72. The molecule has 0 N–H and O–H groups in total. The standard InChI is InChI=1S/C24H26F3NO2/c1-22-12-4-5-13-23(22,15-24(25,26)27)28-21(16-6-8-17(29-2)9-7-16)19-11-10-18(30-3)14-20(19)22/h6-11,14H,4-5,12-13,15H2,1-3H3. The molecule has 2 atom stereocenters. The van der Waals surface area contributed by atoms with Crippen LogP contribution in [0.15, 0.2) is 47.5 Å². The van der Waals surface area contributed by atoms with E-state index in [1.54, 1.807) is 14.2 Å². The molecule has 1 heterocycles. The van der Waals surface area contributed by atoms with Crippen LogP contribution in [0.2, 0.25) is 0 Å². The van der Waals surface area contributed by atoms with Crippen LogP contribution in [0, 0.1) is 0 Å². The van der Waals surface area contributed by atoms with Crippen molar-refractivity contribution in [2.45, 2.75) is 56.2 Å². The van der Waals surface area contributed by atoms with Gasteiger partial charge in [-0.1, -0.05) is 19.8 Å². The summed E-state index contributed by atoms with van der Waals surface area (Å²) in [4.78, 5) is 4.93. The lowest BCUT2D eigenvalue weighted by Gasteiger charge is -2.53. The minimum Gasteiger partial charge on any atom is -0.497 e. The molecule has 1 fully saturated rings. The molecular formula is C24H26F3NO2. The van der Waals surface area contributed by atoms with Crippen LogP contribution in [-0.4, -0.2) is 31.6 Å². The van der Waals surface area contributed by atoms with Gasteiger partial charge < -0.3 is 9.47 Å². The van der Waals surface area contributed by atoms with Gasteiger partial charge in [-0.2, -0.15) is 13.2 Å². The predicted molar refractivity (Wildman–Crippen MR) is 111 cm³/mol. The Labute approximate surface area is 174 Å². The first kappa shape index (κ1) is 20.8. The Morgan fingerprint density at radius 1 is 0.933 bits per heavy atom. The number of fused-ring (bicyclic) bond motifs is 3. The maximum absolute atomic E-state index is 13.8. The zero-order valence-corrected chi connectivity index (χ0v) is 17.5. The average molecular weight is 417 g/mol. The second kappa shape index (κ2) is 7.33. The van der Waals surface area contributed by atoms with Gasteiger partial charge in [-0.15, -0.1) is 0 Å². The Morgan fingerprint density at radius 2 is 1.57 bits per heavy atom. The minimum absolute atomic E-state index is 0.416. The summed E-state index contributed by atoms with van der Waals surface area (Å²) in [6.07, 6.45) is -2.51. The zero-order valence-electron chi connectivity index (χ0n) is 17.5. The third-order valence-electron chi connectivity index (χ3n) is 6.80. The molecule has 2 aromatic rings. The van der Waals surface area contributed by atoms with Crippen molar-refractivity contribution in [2.75, 3.05) is 14.2 Å². The fourth-order valence-electron chi connectivity index (χ4n) is 5.18. The van der Waals surface area contributed by atoms with E-state index in [1.807, 2.05) is 49.4 Å². The van der Waals surface area contributed by atoms with E-state index >= 15 is 0 Å². The summed E-state index contributed by atoms with van der Waals surface area (Å²) >= 11 is 0. The maximum Gasteiger partial charge on any atom is 0.391 e. The lowest BCUT2D eigenvalue weighted by molar-refractivity contribution is -0.156. The van der Waals surface area contributed by atoms with Crippen molar-refractivity contribution >= 4 is 5.71 Å². The van der Waals surface area contributed by atoms with Crippen LogP contribution in [0.3, 0.4) is 0 Å². The molecule has 0 saturated heterocycles. The summed E-state index contributed by atoms with van der Waals surface area (Å²) in [5.74, 6) is 1.34. The molecule has 1 aliphatic carbocycles. The van der Waals surface area contributed by atoms with E-state index in [0.717, 1.165) is 29.5 Å². The van der Waals surface area contributed by atoms with E-state index < -0.39 is 23.6 Å². The summed E-state index contributed by atoms with van der Waals surface area (Å²) in [5, 5.41) is 0. The summed E-state index contributed by atoms with van der Waals surface area (Å²) in [6, 6.07) is 13.0. The van der Waals surface area contributed by atoms with Gasteiger partial charge in [0.25, 0.3) is 0 Å². The van der Waals surface area contributed by atoms with Crippen molar-refractivity contribution in [1.82, 2.24) is 0 Å².